The molecule has 1 atom stereocenters. The van der Waals surface area contributed by atoms with Crippen molar-refractivity contribution in [1.29, 1.82) is 0 Å². The third-order valence-electron chi connectivity index (χ3n) is 3.48. The van der Waals surface area contributed by atoms with Gasteiger partial charge in [0.05, 0.1) is 11.4 Å². The second kappa shape index (κ2) is 5.84. The fraction of sp³-hybridized carbons (Fsp3) is 0.429. The van der Waals surface area contributed by atoms with Gasteiger partial charge >= 0.3 is 0 Å². The number of carbonyl (C=O) groups excluding carboxylic acids is 1. The Bertz CT molecular complexity index is 522. The minimum Gasteiger partial charge on any atom is -0.342 e. The number of rotatable bonds is 3. The van der Waals surface area contributed by atoms with E-state index in [0.717, 1.165) is 30.8 Å². The molecule has 2 aromatic rings. The molecular formula is C14H16N2OS2. The largest absolute Gasteiger partial charge is 0.342 e. The number of hydrogen-bond acceptors (Lipinski definition) is 4. The van der Waals surface area contributed by atoms with Crippen LogP contribution in [0.1, 0.15) is 28.6 Å². The van der Waals surface area contributed by atoms with E-state index < -0.39 is 0 Å². The van der Waals surface area contributed by atoms with Gasteiger partial charge in [0.25, 0.3) is 0 Å². The van der Waals surface area contributed by atoms with E-state index in [4.69, 9.17) is 0 Å². The molecule has 1 aliphatic heterocycles. The highest BCUT2D eigenvalue weighted by Crippen LogP contribution is 2.28. The van der Waals surface area contributed by atoms with Crippen LogP contribution >= 0.6 is 22.7 Å². The summed E-state index contributed by atoms with van der Waals surface area (Å²) in [6.07, 6.45) is 4.63. The minimum absolute atomic E-state index is 0.253. The standard InChI is InChI=1S/C14H16N2OS2/c17-13(9-12-4-2-7-18-12)16-6-1-3-11(10-16)14-15-5-8-19-14/h2,4-5,7-8,11H,1,3,6,9-10H2/t11-/m1/s1. The van der Waals surface area contributed by atoms with Gasteiger partial charge < -0.3 is 4.90 Å². The van der Waals surface area contributed by atoms with Crippen LogP contribution in [0.5, 0.6) is 0 Å². The molecule has 19 heavy (non-hydrogen) atoms. The lowest BCUT2D eigenvalue weighted by Gasteiger charge is -2.31. The summed E-state index contributed by atoms with van der Waals surface area (Å²) in [5.41, 5.74) is 0. The zero-order valence-electron chi connectivity index (χ0n) is 10.6. The Hall–Kier alpha value is -1.20. The Morgan fingerprint density at radius 3 is 3.11 bits per heavy atom. The molecule has 0 radical (unpaired) electrons. The van der Waals surface area contributed by atoms with Crippen LogP contribution in [0.25, 0.3) is 0 Å². The van der Waals surface area contributed by atoms with E-state index in [1.165, 1.54) is 5.01 Å². The molecule has 1 amide bonds. The van der Waals surface area contributed by atoms with Gasteiger partial charge in [0.15, 0.2) is 0 Å². The van der Waals surface area contributed by atoms with Crippen molar-refractivity contribution in [3.8, 4) is 0 Å². The van der Waals surface area contributed by atoms with Gasteiger partial charge in [-0.25, -0.2) is 4.98 Å². The molecule has 0 unspecified atom stereocenters. The molecule has 2 aromatic heterocycles. The molecule has 1 aliphatic rings. The number of carbonyl (C=O) groups is 1. The van der Waals surface area contributed by atoms with E-state index in [0.29, 0.717) is 12.3 Å². The molecule has 100 valence electrons. The highest BCUT2D eigenvalue weighted by molar-refractivity contribution is 7.10. The molecule has 3 nitrogen and oxygen atoms in total. The summed E-state index contributed by atoms with van der Waals surface area (Å²) in [6.45, 7) is 1.73. The maximum atomic E-state index is 12.3. The van der Waals surface area contributed by atoms with E-state index in [1.807, 2.05) is 34.0 Å². The number of piperidine rings is 1. The maximum absolute atomic E-state index is 12.3. The van der Waals surface area contributed by atoms with Crippen molar-refractivity contribution < 1.29 is 4.79 Å². The maximum Gasteiger partial charge on any atom is 0.227 e. The average Bonchev–Trinajstić information content (AvgIpc) is 3.12. The van der Waals surface area contributed by atoms with Crippen LogP contribution in [0.15, 0.2) is 29.1 Å². The van der Waals surface area contributed by atoms with Crippen LogP contribution in [0.2, 0.25) is 0 Å². The van der Waals surface area contributed by atoms with Crippen molar-refractivity contribution in [2.75, 3.05) is 13.1 Å². The Kier molecular flexibility index (Phi) is 3.94. The summed E-state index contributed by atoms with van der Waals surface area (Å²) in [7, 11) is 0. The molecule has 0 aromatic carbocycles. The van der Waals surface area contributed by atoms with E-state index >= 15 is 0 Å². The second-order valence-corrected chi connectivity index (χ2v) is 6.76. The summed E-state index contributed by atoms with van der Waals surface area (Å²) < 4.78 is 0. The van der Waals surface area contributed by atoms with E-state index in [1.54, 1.807) is 22.7 Å². The third kappa shape index (κ3) is 3.04. The summed E-state index contributed by atoms with van der Waals surface area (Å²) in [6, 6.07) is 4.03. The zero-order chi connectivity index (χ0) is 13.1. The van der Waals surface area contributed by atoms with Gasteiger partial charge in [0, 0.05) is 35.5 Å². The number of amides is 1. The van der Waals surface area contributed by atoms with Gasteiger partial charge in [-0.15, -0.1) is 22.7 Å². The number of thiazole rings is 1. The molecule has 0 spiro atoms. The first-order valence-corrected chi connectivity index (χ1v) is 8.28. The number of likely N-dealkylation sites (tertiary alicyclic amines) is 1. The van der Waals surface area contributed by atoms with Gasteiger partial charge in [-0.3, -0.25) is 4.79 Å². The molecule has 5 heteroatoms. The summed E-state index contributed by atoms with van der Waals surface area (Å²) in [4.78, 5) is 19.9. The Labute approximate surface area is 120 Å². The first-order chi connectivity index (χ1) is 9.33. The highest BCUT2D eigenvalue weighted by atomic mass is 32.1. The van der Waals surface area contributed by atoms with Gasteiger partial charge in [-0.1, -0.05) is 6.07 Å². The predicted octanol–water partition coefficient (Wildman–Crippen LogP) is 3.15. The Morgan fingerprint density at radius 1 is 1.42 bits per heavy atom. The summed E-state index contributed by atoms with van der Waals surface area (Å²) in [5, 5.41) is 5.22. The normalized spacial score (nSPS) is 19.6. The number of hydrogen-bond donors (Lipinski definition) is 0. The van der Waals surface area contributed by atoms with E-state index in [-0.39, 0.29) is 5.91 Å². The second-order valence-electron chi connectivity index (χ2n) is 4.81. The molecule has 1 saturated heterocycles. The van der Waals surface area contributed by atoms with E-state index in [2.05, 4.69) is 4.98 Å². The van der Waals surface area contributed by atoms with Gasteiger partial charge in [0.2, 0.25) is 5.91 Å². The summed E-state index contributed by atoms with van der Waals surface area (Å²) in [5.74, 6) is 0.685. The fourth-order valence-corrected chi connectivity index (χ4v) is 3.98. The predicted molar refractivity (Wildman–Crippen MR) is 78.7 cm³/mol. The molecule has 0 aliphatic carbocycles. The highest BCUT2D eigenvalue weighted by Gasteiger charge is 2.26. The van der Waals surface area contributed by atoms with Crippen LogP contribution in [-0.4, -0.2) is 28.9 Å². The SMILES string of the molecule is O=C(Cc1cccs1)N1CCC[C@@H](c2nccs2)C1. The van der Waals surface area contributed by atoms with Crippen LogP contribution in [0.3, 0.4) is 0 Å². The van der Waals surface area contributed by atoms with Crippen LogP contribution in [-0.2, 0) is 11.2 Å². The lowest BCUT2D eigenvalue weighted by molar-refractivity contribution is -0.131. The average molecular weight is 292 g/mol. The third-order valence-corrected chi connectivity index (χ3v) is 5.29. The first kappa shape index (κ1) is 12.8. The fourth-order valence-electron chi connectivity index (χ4n) is 2.52. The Balaban J connectivity index is 1.63. The number of nitrogens with zero attached hydrogens (tertiary/aromatic N) is 2. The van der Waals surface area contributed by atoms with Crippen molar-refractivity contribution in [2.45, 2.75) is 25.2 Å². The minimum atomic E-state index is 0.253. The van der Waals surface area contributed by atoms with Crippen molar-refractivity contribution in [2.24, 2.45) is 0 Å². The summed E-state index contributed by atoms with van der Waals surface area (Å²) >= 11 is 3.36. The van der Waals surface area contributed by atoms with Crippen LogP contribution in [0.4, 0.5) is 0 Å². The molecule has 1 fully saturated rings. The lowest BCUT2D eigenvalue weighted by Crippen LogP contribution is -2.39. The van der Waals surface area contributed by atoms with Crippen molar-refractivity contribution in [1.82, 2.24) is 9.88 Å². The van der Waals surface area contributed by atoms with Crippen LogP contribution < -0.4 is 0 Å². The first-order valence-electron chi connectivity index (χ1n) is 6.52. The lowest BCUT2D eigenvalue weighted by atomic mass is 9.98. The Morgan fingerprint density at radius 2 is 2.37 bits per heavy atom. The molecule has 0 N–H and O–H groups in total. The molecule has 3 rings (SSSR count). The molecule has 0 saturated carbocycles. The number of aromatic nitrogens is 1. The molecular weight excluding hydrogens is 276 g/mol. The van der Waals surface area contributed by atoms with Crippen molar-refractivity contribution >= 4 is 28.6 Å². The number of thiophene rings is 1. The zero-order valence-corrected chi connectivity index (χ0v) is 12.3. The smallest absolute Gasteiger partial charge is 0.227 e. The van der Waals surface area contributed by atoms with Crippen molar-refractivity contribution in [3.05, 3.63) is 39.0 Å². The molecule has 3 heterocycles. The van der Waals surface area contributed by atoms with Gasteiger partial charge in [-0.05, 0) is 24.3 Å². The topological polar surface area (TPSA) is 33.2 Å². The molecule has 0 bridgehead atoms. The van der Waals surface area contributed by atoms with E-state index in [9.17, 15) is 4.79 Å². The quantitative estimate of drug-likeness (QED) is 0.870. The van der Waals surface area contributed by atoms with Crippen molar-refractivity contribution in [3.63, 3.8) is 0 Å². The monoisotopic (exact) mass is 292 g/mol. The van der Waals surface area contributed by atoms with Gasteiger partial charge in [0.1, 0.15) is 0 Å². The van der Waals surface area contributed by atoms with Gasteiger partial charge in [-0.2, -0.15) is 0 Å². The van der Waals surface area contributed by atoms with Crippen LogP contribution in [0, 0.1) is 0 Å².